The molecule has 3 nitrogen and oxygen atoms in total. The molecule has 3 saturated heterocycles. The molecule has 1 aliphatic carbocycles. The minimum absolute atomic E-state index is 0.779. The molecule has 0 aromatic carbocycles. The van der Waals surface area contributed by atoms with E-state index in [1.54, 1.807) is 0 Å². The highest BCUT2D eigenvalue weighted by molar-refractivity contribution is 5.00. The van der Waals surface area contributed by atoms with E-state index in [2.05, 4.69) is 22.2 Å². The molecular weight excluding hydrogens is 246 g/mol. The minimum atomic E-state index is 0.779. The number of fused-ring (bicyclic) bond motifs is 2. The number of piperidine rings is 2. The lowest BCUT2D eigenvalue weighted by Crippen LogP contribution is -2.53. The Kier molecular flexibility index (Phi) is 3.78. The van der Waals surface area contributed by atoms with Crippen LogP contribution in [-0.2, 0) is 0 Å². The summed E-state index contributed by atoms with van der Waals surface area (Å²) in [4.78, 5) is 5.61. The van der Waals surface area contributed by atoms with Crippen LogP contribution in [0.1, 0.15) is 57.8 Å². The third-order valence-electron chi connectivity index (χ3n) is 6.40. The largest absolute Gasteiger partial charge is 0.313 e. The highest BCUT2D eigenvalue weighted by atomic mass is 15.3. The molecular formula is C17H31N3. The van der Waals surface area contributed by atoms with Crippen molar-refractivity contribution in [3.63, 3.8) is 0 Å². The molecule has 4 rings (SSSR count). The molecule has 1 saturated carbocycles. The van der Waals surface area contributed by atoms with E-state index in [1.165, 1.54) is 70.9 Å². The molecule has 1 N–H and O–H groups in total. The van der Waals surface area contributed by atoms with E-state index in [4.69, 9.17) is 0 Å². The molecule has 3 heteroatoms. The third-order valence-corrected chi connectivity index (χ3v) is 6.40. The summed E-state index contributed by atoms with van der Waals surface area (Å²) in [6.07, 6.45) is 13.0. The van der Waals surface area contributed by atoms with Gasteiger partial charge in [0.1, 0.15) is 0 Å². The quantitative estimate of drug-likeness (QED) is 0.850. The first-order valence-corrected chi connectivity index (χ1v) is 9.02. The van der Waals surface area contributed by atoms with Crippen molar-refractivity contribution in [3.05, 3.63) is 0 Å². The van der Waals surface area contributed by atoms with Gasteiger partial charge in [0.2, 0.25) is 0 Å². The van der Waals surface area contributed by atoms with E-state index in [1.807, 2.05) is 0 Å². The summed E-state index contributed by atoms with van der Waals surface area (Å²) in [6, 6.07) is 4.38. The van der Waals surface area contributed by atoms with Crippen LogP contribution in [0.15, 0.2) is 0 Å². The maximum atomic E-state index is 3.77. The lowest BCUT2D eigenvalue weighted by molar-refractivity contribution is 0.0617. The van der Waals surface area contributed by atoms with Gasteiger partial charge in [0, 0.05) is 36.8 Å². The van der Waals surface area contributed by atoms with Crippen LogP contribution in [0.3, 0.4) is 0 Å². The predicted octanol–water partition coefficient (Wildman–Crippen LogP) is 2.22. The first-order chi connectivity index (χ1) is 9.81. The summed E-state index contributed by atoms with van der Waals surface area (Å²) in [5.74, 6) is 0. The third kappa shape index (κ3) is 2.65. The van der Waals surface area contributed by atoms with Crippen LogP contribution in [-0.4, -0.2) is 60.1 Å². The molecule has 0 amide bonds. The van der Waals surface area contributed by atoms with Crippen molar-refractivity contribution in [2.75, 3.05) is 20.1 Å². The standard InChI is InChI=1S/C17H31N3/c1-19-15-7-8-16(19)11-17(10-15)20(14-5-6-14)12-13-4-2-3-9-18-13/h13-18H,2-12H2,1H3. The second-order valence-corrected chi connectivity index (χ2v) is 7.75. The van der Waals surface area contributed by atoms with Gasteiger partial charge in [-0.3, -0.25) is 4.90 Å². The normalized spacial score (nSPS) is 42.3. The van der Waals surface area contributed by atoms with E-state index in [0.29, 0.717) is 0 Å². The first-order valence-electron chi connectivity index (χ1n) is 9.02. The zero-order valence-electron chi connectivity index (χ0n) is 13.1. The molecule has 3 heterocycles. The highest BCUT2D eigenvalue weighted by Gasteiger charge is 2.44. The van der Waals surface area contributed by atoms with Crippen molar-refractivity contribution in [2.24, 2.45) is 0 Å². The molecule has 114 valence electrons. The SMILES string of the molecule is CN1C2CCC1CC(N(CC1CCCCN1)C1CC1)C2. The van der Waals surface area contributed by atoms with E-state index >= 15 is 0 Å². The molecule has 4 fully saturated rings. The van der Waals surface area contributed by atoms with Gasteiger partial charge in [0.05, 0.1) is 0 Å². The van der Waals surface area contributed by atoms with E-state index in [-0.39, 0.29) is 0 Å². The molecule has 0 radical (unpaired) electrons. The maximum Gasteiger partial charge on any atom is 0.0195 e. The zero-order valence-corrected chi connectivity index (χ0v) is 13.1. The van der Waals surface area contributed by atoms with Gasteiger partial charge in [0.15, 0.2) is 0 Å². The van der Waals surface area contributed by atoms with Crippen LogP contribution < -0.4 is 5.32 Å². The Labute approximate surface area is 124 Å². The Bertz CT molecular complexity index is 321. The highest BCUT2D eigenvalue weighted by Crippen LogP contribution is 2.40. The molecule has 3 unspecified atom stereocenters. The fraction of sp³-hybridized carbons (Fsp3) is 1.00. The lowest BCUT2D eigenvalue weighted by atomic mass is 9.95. The number of nitrogens with one attached hydrogen (secondary N) is 1. The van der Waals surface area contributed by atoms with Crippen LogP contribution >= 0.6 is 0 Å². The van der Waals surface area contributed by atoms with Crippen molar-refractivity contribution in [1.29, 1.82) is 0 Å². The zero-order chi connectivity index (χ0) is 13.5. The van der Waals surface area contributed by atoms with Gasteiger partial charge < -0.3 is 10.2 Å². The minimum Gasteiger partial charge on any atom is -0.313 e. The monoisotopic (exact) mass is 277 g/mol. The lowest BCUT2D eigenvalue weighted by Gasteiger charge is -2.43. The van der Waals surface area contributed by atoms with Gasteiger partial charge in [0.25, 0.3) is 0 Å². The van der Waals surface area contributed by atoms with E-state index in [9.17, 15) is 0 Å². The smallest absolute Gasteiger partial charge is 0.0195 e. The van der Waals surface area contributed by atoms with Gasteiger partial charge >= 0.3 is 0 Å². The summed E-state index contributed by atoms with van der Waals surface area (Å²) < 4.78 is 0. The van der Waals surface area contributed by atoms with Gasteiger partial charge in [-0.2, -0.15) is 0 Å². The van der Waals surface area contributed by atoms with Gasteiger partial charge in [-0.25, -0.2) is 0 Å². The number of rotatable bonds is 4. The second-order valence-electron chi connectivity index (χ2n) is 7.75. The van der Waals surface area contributed by atoms with Gasteiger partial charge in [-0.1, -0.05) is 6.42 Å². The maximum absolute atomic E-state index is 3.77. The summed E-state index contributed by atoms with van der Waals surface area (Å²) in [6.45, 7) is 2.58. The molecule has 20 heavy (non-hydrogen) atoms. The van der Waals surface area contributed by atoms with Gasteiger partial charge in [-0.05, 0) is 65.0 Å². The number of hydrogen-bond donors (Lipinski definition) is 1. The fourth-order valence-corrected chi connectivity index (χ4v) is 4.99. The molecule has 0 aromatic heterocycles. The van der Waals surface area contributed by atoms with Crippen molar-refractivity contribution in [3.8, 4) is 0 Å². The number of hydrogen-bond acceptors (Lipinski definition) is 3. The molecule has 0 spiro atoms. The molecule has 2 bridgehead atoms. The Morgan fingerprint density at radius 1 is 0.950 bits per heavy atom. The van der Waals surface area contributed by atoms with E-state index in [0.717, 1.165) is 30.2 Å². The van der Waals surface area contributed by atoms with Crippen molar-refractivity contribution < 1.29 is 0 Å². The number of nitrogens with zero attached hydrogens (tertiary/aromatic N) is 2. The Morgan fingerprint density at radius 3 is 2.30 bits per heavy atom. The average molecular weight is 277 g/mol. The summed E-state index contributed by atoms with van der Waals surface area (Å²) >= 11 is 0. The topological polar surface area (TPSA) is 18.5 Å². The first kappa shape index (κ1) is 13.5. The van der Waals surface area contributed by atoms with Crippen LogP contribution in [0.5, 0.6) is 0 Å². The summed E-state index contributed by atoms with van der Waals surface area (Å²) in [5.41, 5.74) is 0. The Hall–Kier alpha value is -0.120. The molecule has 3 aliphatic heterocycles. The Morgan fingerprint density at radius 2 is 1.70 bits per heavy atom. The Balaban J connectivity index is 1.41. The second kappa shape index (κ2) is 5.58. The molecule has 4 aliphatic rings. The predicted molar refractivity (Wildman–Crippen MR) is 83.0 cm³/mol. The molecule has 0 aromatic rings. The van der Waals surface area contributed by atoms with Crippen molar-refractivity contribution >= 4 is 0 Å². The summed E-state index contributed by atoms with van der Waals surface area (Å²) in [7, 11) is 2.36. The van der Waals surface area contributed by atoms with Gasteiger partial charge in [-0.15, -0.1) is 0 Å². The van der Waals surface area contributed by atoms with Crippen molar-refractivity contribution in [2.45, 2.75) is 88.0 Å². The van der Waals surface area contributed by atoms with Crippen LogP contribution in [0.25, 0.3) is 0 Å². The van der Waals surface area contributed by atoms with Crippen LogP contribution in [0.4, 0.5) is 0 Å². The van der Waals surface area contributed by atoms with Crippen molar-refractivity contribution in [1.82, 2.24) is 15.1 Å². The van der Waals surface area contributed by atoms with Crippen LogP contribution in [0.2, 0.25) is 0 Å². The van der Waals surface area contributed by atoms with Crippen LogP contribution in [0, 0.1) is 0 Å². The fourth-order valence-electron chi connectivity index (χ4n) is 4.99. The summed E-state index contributed by atoms with van der Waals surface area (Å²) in [5, 5.41) is 3.77. The molecule has 3 atom stereocenters. The van der Waals surface area contributed by atoms with E-state index < -0.39 is 0 Å². The average Bonchev–Trinajstić information content (AvgIpc) is 3.28.